The van der Waals surface area contributed by atoms with Crippen molar-refractivity contribution in [1.29, 1.82) is 0 Å². The third-order valence-corrected chi connectivity index (χ3v) is 6.48. The number of imidazole rings is 1. The molecule has 0 spiro atoms. The third-order valence-electron chi connectivity index (χ3n) is 6.48. The molecular weight excluding hydrogens is 408 g/mol. The van der Waals surface area contributed by atoms with Crippen LogP contribution < -0.4 is 9.64 Å². The number of H-pyrrole nitrogens is 1. The van der Waals surface area contributed by atoms with Gasteiger partial charge in [0, 0.05) is 37.5 Å². The maximum Gasteiger partial charge on any atom is 0.138 e. The van der Waals surface area contributed by atoms with Gasteiger partial charge in [0.2, 0.25) is 0 Å². The molecule has 0 atom stereocenters. The normalized spacial score (nSPS) is 14.5. The van der Waals surface area contributed by atoms with Crippen molar-refractivity contribution >= 4 is 16.7 Å². The van der Waals surface area contributed by atoms with Crippen molar-refractivity contribution in [2.75, 3.05) is 38.1 Å². The number of ether oxygens (including phenoxy) is 1. The number of hydrogen-bond acceptors (Lipinski definition) is 4. The first-order valence-corrected chi connectivity index (χ1v) is 11.9. The van der Waals surface area contributed by atoms with Crippen LogP contribution in [0.4, 0.5) is 5.69 Å². The first kappa shape index (κ1) is 21.5. The smallest absolute Gasteiger partial charge is 0.138 e. The average molecular weight is 441 g/mol. The molecule has 170 valence electrons. The fraction of sp³-hybridized carbons (Fsp3) is 0.321. The maximum absolute atomic E-state index is 5.97. The average Bonchev–Trinajstić information content (AvgIpc) is 3.31. The van der Waals surface area contributed by atoms with Gasteiger partial charge >= 0.3 is 0 Å². The van der Waals surface area contributed by atoms with E-state index in [1.54, 1.807) is 0 Å². The predicted molar refractivity (Wildman–Crippen MR) is 136 cm³/mol. The molecule has 5 nitrogen and oxygen atoms in total. The number of likely N-dealkylation sites (N-methyl/N-ethyl adjacent to an activating group) is 1. The minimum Gasteiger partial charge on any atom is -0.489 e. The van der Waals surface area contributed by atoms with Crippen molar-refractivity contribution < 1.29 is 4.74 Å². The van der Waals surface area contributed by atoms with Crippen LogP contribution in [0.1, 0.15) is 24.8 Å². The molecule has 1 aliphatic rings. The summed E-state index contributed by atoms with van der Waals surface area (Å²) in [4.78, 5) is 13.2. The van der Waals surface area contributed by atoms with Gasteiger partial charge in [-0.15, -0.1) is 0 Å². The van der Waals surface area contributed by atoms with Crippen LogP contribution >= 0.6 is 0 Å². The van der Waals surface area contributed by atoms with E-state index in [0.717, 1.165) is 46.8 Å². The third kappa shape index (κ3) is 5.37. The highest BCUT2D eigenvalue weighted by Crippen LogP contribution is 2.26. The molecule has 33 heavy (non-hydrogen) atoms. The summed E-state index contributed by atoms with van der Waals surface area (Å²) in [6, 6.07) is 24.9. The summed E-state index contributed by atoms with van der Waals surface area (Å²) in [6.07, 6.45) is 4.07. The summed E-state index contributed by atoms with van der Waals surface area (Å²) in [6.45, 7) is 5.24. The summed E-state index contributed by atoms with van der Waals surface area (Å²) in [5.74, 6) is 1.72. The Labute approximate surface area is 196 Å². The number of aromatic nitrogens is 2. The van der Waals surface area contributed by atoms with E-state index in [0.29, 0.717) is 6.61 Å². The maximum atomic E-state index is 5.97. The molecule has 2 heterocycles. The summed E-state index contributed by atoms with van der Waals surface area (Å²) >= 11 is 0. The Morgan fingerprint density at radius 1 is 0.939 bits per heavy atom. The molecule has 0 amide bonds. The SMILES string of the molecule is CN(CCN1CCCCC1)c1ccc(-c2nc3ccc(OCc4ccccc4)cc3[nH]2)cc1. The van der Waals surface area contributed by atoms with Gasteiger partial charge in [0.25, 0.3) is 0 Å². The topological polar surface area (TPSA) is 44.4 Å². The van der Waals surface area contributed by atoms with Gasteiger partial charge in [-0.05, 0) is 67.9 Å². The van der Waals surface area contributed by atoms with Crippen LogP contribution in [-0.4, -0.2) is 48.1 Å². The molecular formula is C28H32N4O. The molecule has 5 rings (SSSR count). The first-order valence-electron chi connectivity index (χ1n) is 11.9. The van der Waals surface area contributed by atoms with Crippen molar-refractivity contribution in [3.05, 3.63) is 78.4 Å². The highest BCUT2D eigenvalue weighted by molar-refractivity contribution is 5.81. The van der Waals surface area contributed by atoms with E-state index in [9.17, 15) is 0 Å². The van der Waals surface area contributed by atoms with Gasteiger partial charge in [0.1, 0.15) is 18.2 Å². The number of anilines is 1. The number of nitrogens with zero attached hydrogens (tertiary/aromatic N) is 3. The lowest BCUT2D eigenvalue weighted by Gasteiger charge is -2.29. The Hall–Kier alpha value is -3.31. The molecule has 0 unspecified atom stereocenters. The van der Waals surface area contributed by atoms with E-state index >= 15 is 0 Å². The summed E-state index contributed by atoms with van der Waals surface area (Å²) in [5.41, 5.74) is 5.41. The number of piperidine rings is 1. The molecule has 5 heteroatoms. The summed E-state index contributed by atoms with van der Waals surface area (Å²) in [7, 11) is 2.18. The number of aromatic amines is 1. The lowest BCUT2D eigenvalue weighted by molar-refractivity contribution is 0.234. The van der Waals surface area contributed by atoms with Crippen molar-refractivity contribution in [2.45, 2.75) is 25.9 Å². The first-order chi connectivity index (χ1) is 16.2. The van der Waals surface area contributed by atoms with Gasteiger partial charge in [-0.2, -0.15) is 0 Å². The van der Waals surface area contributed by atoms with Crippen LogP contribution in [0.3, 0.4) is 0 Å². The number of fused-ring (bicyclic) bond motifs is 1. The Morgan fingerprint density at radius 3 is 2.52 bits per heavy atom. The van der Waals surface area contributed by atoms with E-state index in [-0.39, 0.29) is 0 Å². The van der Waals surface area contributed by atoms with Gasteiger partial charge in [-0.25, -0.2) is 4.98 Å². The number of benzene rings is 3. The standard InChI is InChI=1S/C28H32N4O/c1-31(18-19-32-16-6-3-7-17-32)24-12-10-23(11-13-24)28-29-26-15-14-25(20-27(26)30-28)33-21-22-8-4-2-5-9-22/h2,4-5,8-15,20H,3,6-7,16-19,21H2,1H3,(H,29,30). The predicted octanol–water partition coefficient (Wildman–Crippen LogP) is 5.73. The van der Waals surface area contributed by atoms with Gasteiger partial charge < -0.3 is 19.5 Å². The Kier molecular flexibility index (Phi) is 6.58. The second kappa shape index (κ2) is 10.1. The van der Waals surface area contributed by atoms with E-state index in [2.05, 4.69) is 58.2 Å². The van der Waals surface area contributed by atoms with Crippen LogP contribution in [-0.2, 0) is 6.61 Å². The zero-order chi connectivity index (χ0) is 22.5. The molecule has 1 aromatic heterocycles. The quantitative estimate of drug-likeness (QED) is 0.380. The monoisotopic (exact) mass is 440 g/mol. The highest BCUT2D eigenvalue weighted by atomic mass is 16.5. The molecule has 0 radical (unpaired) electrons. The lowest BCUT2D eigenvalue weighted by Crippen LogP contribution is -2.36. The van der Waals surface area contributed by atoms with E-state index in [1.165, 1.54) is 38.0 Å². The minimum absolute atomic E-state index is 0.556. The number of nitrogens with one attached hydrogen (secondary N) is 1. The van der Waals surface area contributed by atoms with Crippen LogP contribution in [0.2, 0.25) is 0 Å². The molecule has 0 bridgehead atoms. The lowest BCUT2D eigenvalue weighted by atomic mass is 10.1. The molecule has 1 fully saturated rings. The van der Waals surface area contributed by atoms with Crippen molar-refractivity contribution in [3.8, 4) is 17.1 Å². The summed E-state index contributed by atoms with van der Waals surface area (Å²) < 4.78 is 5.97. The zero-order valence-electron chi connectivity index (χ0n) is 19.3. The largest absolute Gasteiger partial charge is 0.489 e. The number of hydrogen-bond donors (Lipinski definition) is 1. The second-order valence-corrected chi connectivity index (χ2v) is 8.91. The molecule has 1 N–H and O–H groups in total. The number of likely N-dealkylation sites (tertiary alicyclic amines) is 1. The van der Waals surface area contributed by atoms with Gasteiger partial charge in [0.05, 0.1) is 11.0 Å². The van der Waals surface area contributed by atoms with Gasteiger partial charge in [0.15, 0.2) is 0 Å². The van der Waals surface area contributed by atoms with Crippen LogP contribution in [0.15, 0.2) is 72.8 Å². The van der Waals surface area contributed by atoms with Crippen molar-refractivity contribution in [2.24, 2.45) is 0 Å². The van der Waals surface area contributed by atoms with Crippen molar-refractivity contribution in [1.82, 2.24) is 14.9 Å². The second-order valence-electron chi connectivity index (χ2n) is 8.91. The molecule has 1 aliphatic heterocycles. The summed E-state index contributed by atoms with van der Waals surface area (Å²) in [5, 5.41) is 0. The minimum atomic E-state index is 0.556. The molecule has 0 aliphatic carbocycles. The van der Waals surface area contributed by atoms with Crippen molar-refractivity contribution in [3.63, 3.8) is 0 Å². The van der Waals surface area contributed by atoms with E-state index in [1.807, 2.05) is 36.4 Å². The van der Waals surface area contributed by atoms with Crippen LogP contribution in [0, 0.1) is 0 Å². The highest BCUT2D eigenvalue weighted by Gasteiger charge is 2.12. The van der Waals surface area contributed by atoms with E-state index < -0.39 is 0 Å². The fourth-order valence-corrected chi connectivity index (χ4v) is 4.43. The Bertz CT molecular complexity index is 1160. The Balaban J connectivity index is 1.23. The van der Waals surface area contributed by atoms with Crippen LogP contribution in [0.25, 0.3) is 22.4 Å². The molecule has 1 saturated heterocycles. The number of rotatable bonds is 8. The van der Waals surface area contributed by atoms with E-state index in [4.69, 9.17) is 9.72 Å². The Morgan fingerprint density at radius 2 is 1.73 bits per heavy atom. The van der Waals surface area contributed by atoms with Gasteiger partial charge in [-0.3, -0.25) is 0 Å². The zero-order valence-corrected chi connectivity index (χ0v) is 19.3. The molecule has 3 aromatic carbocycles. The molecule has 0 saturated carbocycles. The molecule has 4 aromatic rings. The van der Waals surface area contributed by atoms with Gasteiger partial charge in [-0.1, -0.05) is 36.8 Å². The fourth-order valence-electron chi connectivity index (χ4n) is 4.43. The van der Waals surface area contributed by atoms with Crippen LogP contribution in [0.5, 0.6) is 5.75 Å².